The van der Waals surface area contributed by atoms with Gasteiger partial charge >= 0.3 is 0 Å². The van der Waals surface area contributed by atoms with Gasteiger partial charge in [0.1, 0.15) is 11.6 Å². The Kier molecular flexibility index (Phi) is 4.75. The third kappa shape index (κ3) is 4.07. The van der Waals surface area contributed by atoms with Crippen LogP contribution in [0.3, 0.4) is 0 Å². The number of methoxy groups -OCH3 is 1. The van der Waals surface area contributed by atoms with E-state index < -0.39 is 11.6 Å². The average molecular weight is 283 g/mol. The van der Waals surface area contributed by atoms with Crippen LogP contribution in [-0.2, 0) is 17.6 Å². The van der Waals surface area contributed by atoms with Gasteiger partial charge in [0.15, 0.2) is 5.82 Å². The van der Waals surface area contributed by atoms with Gasteiger partial charge in [-0.3, -0.25) is 0 Å². The molecule has 0 bridgehead atoms. The van der Waals surface area contributed by atoms with Crippen molar-refractivity contribution in [1.82, 2.24) is 10.1 Å². The molecule has 0 aliphatic heterocycles. The Hall–Kier alpha value is -1.86. The highest BCUT2D eigenvalue weighted by molar-refractivity contribution is 5.21. The van der Waals surface area contributed by atoms with E-state index in [0.717, 1.165) is 6.07 Å². The molecule has 0 spiro atoms. The smallest absolute Gasteiger partial charge is 0.228 e. The highest BCUT2D eigenvalue weighted by Gasteiger charge is 2.12. The van der Waals surface area contributed by atoms with Crippen molar-refractivity contribution >= 4 is 0 Å². The molecule has 7 heteroatoms. The number of halogens is 2. The van der Waals surface area contributed by atoms with Crippen molar-refractivity contribution in [1.29, 1.82) is 0 Å². The Morgan fingerprint density at radius 1 is 1.30 bits per heavy atom. The van der Waals surface area contributed by atoms with E-state index >= 15 is 0 Å². The molecule has 2 N–H and O–H groups in total. The number of aromatic nitrogens is 2. The van der Waals surface area contributed by atoms with Crippen molar-refractivity contribution in [2.24, 2.45) is 5.73 Å². The lowest BCUT2D eigenvalue weighted by molar-refractivity contribution is 0.176. The molecular weight excluding hydrogens is 268 g/mol. The van der Waals surface area contributed by atoms with E-state index in [-0.39, 0.29) is 12.5 Å². The second-order valence-electron chi connectivity index (χ2n) is 4.48. The van der Waals surface area contributed by atoms with Gasteiger partial charge in [-0.15, -0.1) is 0 Å². The van der Waals surface area contributed by atoms with Gasteiger partial charge in [0.05, 0.1) is 6.61 Å². The summed E-state index contributed by atoms with van der Waals surface area (Å²) in [7, 11) is 1.55. The summed E-state index contributed by atoms with van der Waals surface area (Å²) in [6.45, 7) is 0.382. The summed E-state index contributed by atoms with van der Waals surface area (Å²) >= 11 is 0. The molecule has 1 unspecified atom stereocenters. The SMILES string of the molecule is COCC(N)Cc1nc(Cc2cc(F)cc(F)c2)no1. The topological polar surface area (TPSA) is 74.2 Å². The minimum absolute atomic E-state index is 0.192. The lowest BCUT2D eigenvalue weighted by Gasteiger charge is -2.05. The summed E-state index contributed by atoms with van der Waals surface area (Å²) in [5, 5.41) is 3.76. The summed E-state index contributed by atoms with van der Waals surface area (Å²) in [4.78, 5) is 4.13. The number of nitrogens with zero attached hydrogens (tertiary/aromatic N) is 2. The number of benzene rings is 1. The van der Waals surface area contributed by atoms with Crippen molar-refractivity contribution in [2.45, 2.75) is 18.9 Å². The van der Waals surface area contributed by atoms with E-state index in [1.54, 1.807) is 7.11 Å². The fourth-order valence-electron chi connectivity index (χ4n) is 1.84. The first-order valence-electron chi connectivity index (χ1n) is 6.07. The van der Waals surface area contributed by atoms with Gasteiger partial charge in [0.25, 0.3) is 0 Å². The number of nitrogens with two attached hydrogens (primary N) is 1. The maximum Gasteiger partial charge on any atom is 0.228 e. The van der Waals surface area contributed by atoms with Gasteiger partial charge < -0.3 is 15.0 Å². The fraction of sp³-hybridized carbons (Fsp3) is 0.385. The molecule has 0 aliphatic carbocycles. The lowest BCUT2D eigenvalue weighted by Crippen LogP contribution is -2.28. The van der Waals surface area contributed by atoms with Crippen LogP contribution in [0.25, 0.3) is 0 Å². The third-order valence-electron chi connectivity index (χ3n) is 2.61. The molecule has 108 valence electrons. The quantitative estimate of drug-likeness (QED) is 0.868. The number of rotatable bonds is 6. The predicted octanol–water partition coefficient (Wildman–Crippen LogP) is 1.45. The largest absolute Gasteiger partial charge is 0.383 e. The molecule has 1 atom stereocenters. The highest BCUT2D eigenvalue weighted by Crippen LogP contribution is 2.12. The van der Waals surface area contributed by atoms with E-state index in [1.807, 2.05) is 0 Å². The summed E-state index contributed by atoms with van der Waals surface area (Å²) in [6.07, 6.45) is 0.579. The summed E-state index contributed by atoms with van der Waals surface area (Å²) in [5.74, 6) is -0.535. The van der Waals surface area contributed by atoms with Gasteiger partial charge in [-0.25, -0.2) is 8.78 Å². The summed E-state index contributed by atoms with van der Waals surface area (Å²) in [6, 6.07) is 3.04. The van der Waals surface area contributed by atoms with Crippen LogP contribution in [0, 0.1) is 11.6 Å². The molecule has 20 heavy (non-hydrogen) atoms. The molecule has 1 aromatic heterocycles. The summed E-state index contributed by atoms with van der Waals surface area (Å²) in [5.41, 5.74) is 6.21. The minimum Gasteiger partial charge on any atom is -0.383 e. The number of hydrogen-bond donors (Lipinski definition) is 1. The van der Waals surface area contributed by atoms with Crippen LogP contribution in [0.5, 0.6) is 0 Å². The number of ether oxygens (including phenoxy) is 1. The zero-order chi connectivity index (χ0) is 14.5. The van der Waals surface area contributed by atoms with Gasteiger partial charge in [-0.2, -0.15) is 4.98 Å². The van der Waals surface area contributed by atoms with E-state index in [4.69, 9.17) is 15.0 Å². The van der Waals surface area contributed by atoms with E-state index in [9.17, 15) is 8.78 Å². The maximum absolute atomic E-state index is 13.1. The molecule has 0 aliphatic rings. The number of hydrogen-bond acceptors (Lipinski definition) is 5. The molecule has 2 rings (SSSR count). The monoisotopic (exact) mass is 283 g/mol. The normalized spacial score (nSPS) is 12.6. The van der Waals surface area contributed by atoms with Crippen molar-refractivity contribution in [3.8, 4) is 0 Å². The zero-order valence-corrected chi connectivity index (χ0v) is 11.0. The van der Waals surface area contributed by atoms with E-state index in [0.29, 0.717) is 30.3 Å². The lowest BCUT2D eigenvalue weighted by atomic mass is 10.1. The van der Waals surface area contributed by atoms with Gasteiger partial charge in [0, 0.05) is 32.1 Å². The Bertz CT molecular complexity index is 554. The molecule has 2 aromatic rings. The van der Waals surface area contributed by atoms with E-state index in [1.165, 1.54) is 12.1 Å². The molecule has 0 saturated heterocycles. The van der Waals surface area contributed by atoms with Crippen LogP contribution >= 0.6 is 0 Å². The van der Waals surface area contributed by atoms with Gasteiger partial charge in [0.2, 0.25) is 5.89 Å². The van der Waals surface area contributed by atoms with E-state index in [2.05, 4.69) is 10.1 Å². The Morgan fingerprint density at radius 2 is 2.00 bits per heavy atom. The van der Waals surface area contributed by atoms with Crippen LogP contribution in [-0.4, -0.2) is 29.9 Å². The molecular formula is C13H15F2N3O2. The fourth-order valence-corrected chi connectivity index (χ4v) is 1.84. The van der Waals surface area contributed by atoms with Crippen LogP contribution in [0.1, 0.15) is 17.3 Å². The molecule has 0 amide bonds. The van der Waals surface area contributed by atoms with Crippen molar-refractivity contribution in [2.75, 3.05) is 13.7 Å². The molecule has 0 saturated carbocycles. The van der Waals surface area contributed by atoms with Crippen LogP contribution in [0.4, 0.5) is 8.78 Å². The maximum atomic E-state index is 13.1. The Morgan fingerprint density at radius 3 is 2.65 bits per heavy atom. The predicted molar refractivity (Wildman–Crippen MR) is 67.0 cm³/mol. The van der Waals surface area contributed by atoms with Crippen LogP contribution in [0.2, 0.25) is 0 Å². The molecule has 1 aromatic carbocycles. The molecule has 1 heterocycles. The van der Waals surface area contributed by atoms with Crippen molar-refractivity contribution in [3.63, 3.8) is 0 Å². The van der Waals surface area contributed by atoms with Crippen LogP contribution < -0.4 is 5.73 Å². The Labute approximate surface area is 114 Å². The third-order valence-corrected chi connectivity index (χ3v) is 2.61. The molecule has 0 fully saturated rings. The second-order valence-corrected chi connectivity index (χ2v) is 4.48. The highest BCUT2D eigenvalue weighted by atomic mass is 19.1. The van der Waals surface area contributed by atoms with Gasteiger partial charge in [-0.05, 0) is 17.7 Å². The molecule has 0 radical (unpaired) electrons. The second kappa shape index (κ2) is 6.53. The van der Waals surface area contributed by atoms with Crippen molar-refractivity contribution in [3.05, 3.63) is 47.1 Å². The van der Waals surface area contributed by atoms with Gasteiger partial charge in [-0.1, -0.05) is 5.16 Å². The summed E-state index contributed by atoms with van der Waals surface area (Å²) < 4.78 is 36.1. The standard InChI is InChI=1S/C13H15F2N3O2/c1-19-7-11(16)6-13-17-12(18-20-13)4-8-2-9(14)5-10(15)3-8/h2-3,5,11H,4,6-7,16H2,1H3. The van der Waals surface area contributed by atoms with Crippen molar-refractivity contribution < 1.29 is 18.0 Å². The Balaban J connectivity index is 2.02. The average Bonchev–Trinajstić information content (AvgIpc) is 2.75. The first kappa shape index (κ1) is 14.5. The minimum atomic E-state index is -0.633. The van der Waals surface area contributed by atoms with Crippen LogP contribution in [0.15, 0.2) is 22.7 Å². The first-order chi connectivity index (χ1) is 9.56. The zero-order valence-electron chi connectivity index (χ0n) is 11.0. The first-order valence-corrected chi connectivity index (χ1v) is 6.07. The molecule has 5 nitrogen and oxygen atoms in total.